The number of rotatable bonds is 4. The Morgan fingerprint density at radius 1 is 1.14 bits per heavy atom. The van der Waals surface area contributed by atoms with Crippen molar-refractivity contribution in [2.75, 3.05) is 4.72 Å². The SMILES string of the molecule is C/C(=C/C#N)c1ccccc1NS(=O)(=O)c1ccc(C)cc1. The van der Waals surface area contributed by atoms with Crippen LogP contribution in [-0.4, -0.2) is 8.42 Å². The molecule has 0 aliphatic carbocycles. The summed E-state index contributed by atoms with van der Waals surface area (Å²) in [5.74, 6) is 0. The van der Waals surface area contributed by atoms with Gasteiger partial charge in [-0.2, -0.15) is 5.26 Å². The maximum absolute atomic E-state index is 12.4. The number of hydrogen-bond donors (Lipinski definition) is 1. The summed E-state index contributed by atoms with van der Waals surface area (Å²) in [6.07, 6.45) is 1.39. The van der Waals surface area contributed by atoms with Gasteiger partial charge in [-0.1, -0.05) is 35.9 Å². The van der Waals surface area contributed by atoms with Crippen LogP contribution in [0.2, 0.25) is 0 Å². The molecule has 0 unspecified atom stereocenters. The summed E-state index contributed by atoms with van der Waals surface area (Å²) in [5.41, 5.74) is 2.82. The Hall–Kier alpha value is -2.58. The molecule has 0 fully saturated rings. The summed E-state index contributed by atoms with van der Waals surface area (Å²) in [7, 11) is -3.66. The van der Waals surface area contributed by atoms with Crippen molar-refractivity contribution in [1.29, 1.82) is 5.26 Å². The summed E-state index contributed by atoms with van der Waals surface area (Å²) in [6.45, 7) is 3.66. The summed E-state index contributed by atoms with van der Waals surface area (Å²) in [4.78, 5) is 0.204. The highest BCUT2D eigenvalue weighted by atomic mass is 32.2. The average molecular weight is 312 g/mol. The van der Waals surface area contributed by atoms with Crippen LogP contribution in [-0.2, 0) is 10.0 Å². The molecule has 0 bridgehead atoms. The van der Waals surface area contributed by atoms with Crippen molar-refractivity contribution >= 4 is 21.3 Å². The van der Waals surface area contributed by atoms with Crippen LogP contribution < -0.4 is 4.72 Å². The number of anilines is 1. The number of nitrogens with zero attached hydrogens (tertiary/aromatic N) is 1. The largest absolute Gasteiger partial charge is 0.279 e. The zero-order chi connectivity index (χ0) is 16.2. The highest BCUT2D eigenvalue weighted by molar-refractivity contribution is 7.92. The molecule has 0 atom stereocenters. The van der Waals surface area contributed by atoms with E-state index in [0.29, 0.717) is 16.8 Å². The highest BCUT2D eigenvalue weighted by Gasteiger charge is 2.16. The molecule has 112 valence electrons. The van der Waals surface area contributed by atoms with E-state index in [4.69, 9.17) is 5.26 Å². The molecule has 1 N–H and O–H groups in total. The maximum Gasteiger partial charge on any atom is 0.261 e. The maximum atomic E-state index is 12.4. The van der Waals surface area contributed by atoms with E-state index in [1.54, 1.807) is 55.5 Å². The lowest BCUT2D eigenvalue weighted by Gasteiger charge is -2.12. The van der Waals surface area contributed by atoms with Crippen LogP contribution in [0.4, 0.5) is 5.69 Å². The van der Waals surface area contributed by atoms with Gasteiger partial charge in [-0.15, -0.1) is 0 Å². The fourth-order valence-electron chi connectivity index (χ4n) is 2.01. The summed E-state index contributed by atoms with van der Waals surface area (Å²) in [5, 5.41) is 8.76. The van der Waals surface area contributed by atoms with Gasteiger partial charge in [0.25, 0.3) is 10.0 Å². The van der Waals surface area contributed by atoms with Gasteiger partial charge in [0.2, 0.25) is 0 Å². The quantitative estimate of drug-likeness (QED) is 0.875. The van der Waals surface area contributed by atoms with E-state index in [0.717, 1.165) is 5.56 Å². The fraction of sp³-hybridized carbons (Fsp3) is 0.118. The molecular formula is C17H16N2O2S. The van der Waals surface area contributed by atoms with Gasteiger partial charge in [-0.05, 0) is 37.6 Å². The first kappa shape index (κ1) is 15.8. The Bertz CT molecular complexity index is 845. The molecule has 4 nitrogen and oxygen atoms in total. The molecule has 22 heavy (non-hydrogen) atoms. The van der Waals surface area contributed by atoms with E-state index < -0.39 is 10.0 Å². The van der Waals surface area contributed by atoms with Crippen molar-refractivity contribution in [2.24, 2.45) is 0 Å². The minimum absolute atomic E-state index is 0.204. The lowest BCUT2D eigenvalue weighted by molar-refractivity contribution is 0.601. The van der Waals surface area contributed by atoms with E-state index in [2.05, 4.69) is 4.72 Å². The molecule has 0 heterocycles. The number of para-hydroxylation sites is 1. The predicted molar refractivity (Wildman–Crippen MR) is 87.7 cm³/mol. The number of benzene rings is 2. The number of nitrogens with one attached hydrogen (secondary N) is 1. The minimum Gasteiger partial charge on any atom is -0.279 e. The van der Waals surface area contributed by atoms with E-state index >= 15 is 0 Å². The van der Waals surface area contributed by atoms with Crippen LogP contribution in [0.3, 0.4) is 0 Å². The van der Waals surface area contributed by atoms with E-state index in [1.165, 1.54) is 6.08 Å². The molecule has 0 saturated carbocycles. The van der Waals surface area contributed by atoms with Gasteiger partial charge < -0.3 is 0 Å². The van der Waals surface area contributed by atoms with Crippen LogP contribution in [0.25, 0.3) is 5.57 Å². The van der Waals surface area contributed by atoms with E-state index in [-0.39, 0.29) is 4.90 Å². The molecule has 2 rings (SSSR count). The first-order chi connectivity index (χ1) is 10.4. The van der Waals surface area contributed by atoms with E-state index in [9.17, 15) is 8.42 Å². The van der Waals surface area contributed by atoms with Gasteiger partial charge >= 0.3 is 0 Å². The molecule has 5 heteroatoms. The summed E-state index contributed by atoms with van der Waals surface area (Å²) >= 11 is 0. The van der Waals surface area contributed by atoms with Crippen LogP contribution in [0.1, 0.15) is 18.1 Å². The van der Waals surface area contributed by atoms with Gasteiger partial charge in [-0.3, -0.25) is 4.72 Å². The Labute approximate surface area is 130 Å². The minimum atomic E-state index is -3.66. The molecule has 0 spiro atoms. The van der Waals surface area contributed by atoms with Crippen molar-refractivity contribution in [3.63, 3.8) is 0 Å². The second kappa shape index (κ2) is 6.46. The van der Waals surface area contributed by atoms with Crippen molar-refractivity contribution in [3.8, 4) is 6.07 Å². The number of sulfonamides is 1. The second-order valence-corrected chi connectivity index (χ2v) is 6.60. The number of allylic oxidation sites excluding steroid dienone is 2. The smallest absolute Gasteiger partial charge is 0.261 e. The van der Waals surface area contributed by atoms with Gasteiger partial charge in [0.1, 0.15) is 0 Å². The zero-order valence-electron chi connectivity index (χ0n) is 12.4. The van der Waals surface area contributed by atoms with Crippen molar-refractivity contribution in [3.05, 3.63) is 65.7 Å². The van der Waals surface area contributed by atoms with Gasteiger partial charge in [0, 0.05) is 11.6 Å². The second-order valence-electron chi connectivity index (χ2n) is 4.92. The molecule has 2 aromatic rings. The van der Waals surface area contributed by atoms with Crippen molar-refractivity contribution in [1.82, 2.24) is 0 Å². The predicted octanol–water partition coefficient (Wildman–Crippen LogP) is 3.72. The Kier molecular flexibility index (Phi) is 4.64. The monoisotopic (exact) mass is 312 g/mol. The third-order valence-electron chi connectivity index (χ3n) is 3.21. The molecule has 0 aliphatic rings. The Morgan fingerprint density at radius 3 is 2.41 bits per heavy atom. The molecule has 0 aromatic heterocycles. The summed E-state index contributed by atoms with van der Waals surface area (Å²) in [6, 6.07) is 15.6. The summed E-state index contributed by atoms with van der Waals surface area (Å²) < 4.78 is 27.5. The highest BCUT2D eigenvalue weighted by Crippen LogP contribution is 2.25. The zero-order valence-corrected chi connectivity index (χ0v) is 13.2. The fourth-order valence-corrected chi connectivity index (χ4v) is 3.09. The van der Waals surface area contributed by atoms with Gasteiger partial charge in [0.15, 0.2) is 0 Å². The first-order valence-corrected chi connectivity index (χ1v) is 8.17. The number of nitriles is 1. The van der Waals surface area contributed by atoms with E-state index in [1.807, 2.05) is 13.0 Å². The molecule has 0 amide bonds. The Morgan fingerprint density at radius 2 is 1.77 bits per heavy atom. The molecule has 2 aromatic carbocycles. The van der Waals surface area contributed by atoms with Crippen LogP contribution in [0, 0.1) is 18.3 Å². The first-order valence-electron chi connectivity index (χ1n) is 6.69. The van der Waals surface area contributed by atoms with Crippen LogP contribution in [0.5, 0.6) is 0 Å². The van der Waals surface area contributed by atoms with Crippen molar-refractivity contribution < 1.29 is 8.42 Å². The third kappa shape index (κ3) is 3.54. The van der Waals surface area contributed by atoms with Gasteiger partial charge in [-0.25, -0.2) is 8.42 Å². The average Bonchev–Trinajstić information content (AvgIpc) is 2.48. The van der Waals surface area contributed by atoms with Crippen LogP contribution >= 0.6 is 0 Å². The molecule has 0 radical (unpaired) electrons. The van der Waals surface area contributed by atoms with Gasteiger partial charge in [0.05, 0.1) is 16.7 Å². The lowest BCUT2D eigenvalue weighted by atomic mass is 10.1. The third-order valence-corrected chi connectivity index (χ3v) is 4.59. The standard InChI is InChI=1S/C17H16N2O2S/c1-13-7-9-15(10-8-13)22(20,21)19-17-6-4-3-5-16(17)14(2)11-12-18/h3-11,19H,1-2H3/b14-11-. The van der Waals surface area contributed by atoms with Crippen molar-refractivity contribution in [2.45, 2.75) is 18.7 Å². The Balaban J connectivity index is 2.41. The molecule has 0 saturated heterocycles. The lowest BCUT2D eigenvalue weighted by Crippen LogP contribution is -2.14. The molecular weight excluding hydrogens is 296 g/mol. The normalized spacial score (nSPS) is 11.8. The van der Waals surface area contributed by atoms with Crippen LogP contribution in [0.15, 0.2) is 59.5 Å². The number of hydrogen-bond acceptors (Lipinski definition) is 3. The topological polar surface area (TPSA) is 70.0 Å². The number of aryl methyl sites for hydroxylation is 1. The molecule has 0 aliphatic heterocycles.